The van der Waals surface area contributed by atoms with E-state index in [2.05, 4.69) is 47.1 Å². The Morgan fingerprint density at radius 3 is 2.86 bits per heavy atom. The number of allylic oxidation sites excluding steroid dienone is 3. The maximum atomic E-state index is 9.36. The van der Waals surface area contributed by atoms with Gasteiger partial charge in [-0.15, -0.1) is 0 Å². The molecule has 0 atom stereocenters. The van der Waals surface area contributed by atoms with Crippen molar-refractivity contribution in [3.63, 3.8) is 0 Å². The minimum absolute atomic E-state index is 0.194. The largest absolute Gasteiger partial charge is 0.487 e. The van der Waals surface area contributed by atoms with E-state index in [0.29, 0.717) is 6.42 Å². The highest BCUT2D eigenvalue weighted by molar-refractivity contribution is 5.64. The molecule has 1 aromatic rings. The van der Waals surface area contributed by atoms with E-state index < -0.39 is 0 Å². The highest BCUT2D eigenvalue weighted by atomic mass is 16.5. The molecule has 0 amide bonds. The summed E-state index contributed by atoms with van der Waals surface area (Å²) in [6.07, 6.45) is 13.2. The van der Waals surface area contributed by atoms with Gasteiger partial charge in [-0.05, 0) is 73.1 Å². The van der Waals surface area contributed by atoms with Crippen LogP contribution in [0, 0.1) is 17.9 Å². The normalized spacial score (nSPS) is 22.2. The van der Waals surface area contributed by atoms with Gasteiger partial charge in [-0.2, -0.15) is 0 Å². The SMILES string of the molecule is [C-]#[N+]/C(C#N)=C1C=C(/C=C/c2ccc3c(c2)CCN3C)OC2(CCCCC2)C/1. The molecule has 1 saturated carbocycles. The maximum Gasteiger partial charge on any atom is 0.265 e. The fraction of sp³-hybridized carbons (Fsp3) is 0.417. The van der Waals surface area contributed by atoms with Crippen molar-refractivity contribution in [2.75, 3.05) is 18.5 Å². The number of anilines is 1. The van der Waals surface area contributed by atoms with Gasteiger partial charge in [0.1, 0.15) is 11.4 Å². The van der Waals surface area contributed by atoms with Crippen LogP contribution in [0.5, 0.6) is 0 Å². The van der Waals surface area contributed by atoms with E-state index in [-0.39, 0.29) is 11.3 Å². The van der Waals surface area contributed by atoms with Crippen LogP contribution < -0.4 is 4.90 Å². The fourth-order valence-corrected chi connectivity index (χ4v) is 4.63. The number of fused-ring (bicyclic) bond motifs is 1. The first-order chi connectivity index (χ1) is 13.6. The van der Waals surface area contributed by atoms with Gasteiger partial charge in [0.2, 0.25) is 0 Å². The van der Waals surface area contributed by atoms with Gasteiger partial charge in [-0.3, -0.25) is 0 Å². The zero-order chi connectivity index (χ0) is 19.6. The lowest BCUT2D eigenvalue weighted by atomic mass is 9.78. The first-order valence-electron chi connectivity index (χ1n) is 10.1. The van der Waals surface area contributed by atoms with Crippen molar-refractivity contribution >= 4 is 11.8 Å². The van der Waals surface area contributed by atoms with Gasteiger partial charge < -0.3 is 9.64 Å². The van der Waals surface area contributed by atoms with Crippen LogP contribution in [0.4, 0.5) is 5.69 Å². The minimum Gasteiger partial charge on any atom is -0.487 e. The molecule has 1 spiro atoms. The van der Waals surface area contributed by atoms with Crippen LogP contribution in [0.15, 0.2) is 47.4 Å². The van der Waals surface area contributed by atoms with E-state index in [1.807, 2.05) is 12.2 Å². The van der Waals surface area contributed by atoms with Crippen molar-refractivity contribution in [3.05, 3.63) is 69.9 Å². The monoisotopic (exact) mass is 371 g/mol. The molecule has 142 valence electrons. The van der Waals surface area contributed by atoms with E-state index in [9.17, 15) is 5.26 Å². The first-order valence-corrected chi connectivity index (χ1v) is 10.1. The smallest absolute Gasteiger partial charge is 0.265 e. The van der Waals surface area contributed by atoms with Crippen molar-refractivity contribution in [2.24, 2.45) is 0 Å². The Morgan fingerprint density at radius 2 is 2.11 bits per heavy atom. The predicted molar refractivity (Wildman–Crippen MR) is 111 cm³/mol. The van der Waals surface area contributed by atoms with Crippen molar-refractivity contribution in [1.82, 2.24) is 0 Å². The Labute approximate surface area is 167 Å². The van der Waals surface area contributed by atoms with Crippen molar-refractivity contribution in [2.45, 2.75) is 50.5 Å². The average Bonchev–Trinajstić information content (AvgIpc) is 3.08. The van der Waals surface area contributed by atoms with Crippen LogP contribution in [0.25, 0.3) is 10.9 Å². The van der Waals surface area contributed by atoms with Gasteiger partial charge in [0.15, 0.2) is 0 Å². The van der Waals surface area contributed by atoms with Crippen LogP contribution in [0.3, 0.4) is 0 Å². The lowest BCUT2D eigenvalue weighted by molar-refractivity contribution is -0.0285. The Balaban J connectivity index is 1.63. The second-order valence-corrected chi connectivity index (χ2v) is 8.06. The molecule has 0 N–H and O–H groups in total. The van der Waals surface area contributed by atoms with Gasteiger partial charge in [-0.25, -0.2) is 10.1 Å². The molecule has 1 aliphatic carbocycles. The standard InChI is InChI=1S/C24H25N3O/c1-26-22(17-25)20-15-21(28-24(16-20)11-4-3-5-12-24)8-6-18-7-9-23-19(14-18)10-13-27(23)2/h6-9,14-15H,3-5,10-13,16H2,2H3/b8-6+,22-20-. The maximum absolute atomic E-state index is 9.36. The summed E-state index contributed by atoms with van der Waals surface area (Å²) in [6, 6.07) is 8.62. The van der Waals surface area contributed by atoms with Crippen LogP contribution in [0.1, 0.15) is 49.7 Å². The zero-order valence-electron chi connectivity index (χ0n) is 16.4. The average molecular weight is 371 g/mol. The zero-order valence-corrected chi connectivity index (χ0v) is 16.4. The minimum atomic E-state index is -0.255. The molecule has 1 aromatic carbocycles. The number of rotatable bonds is 2. The van der Waals surface area contributed by atoms with E-state index in [0.717, 1.165) is 55.5 Å². The lowest BCUT2D eigenvalue weighted by Gasteiger charge is -2.41. The quantitative estimate of drug-likeness (QED) is 0.516. The molecule has 1 fully saturated rings. The molecule has 3 aliphatic rings. The third-order valence-corrected chi connectivity index (χ3v) is 6.12. The summed E-state index contributed by atoms with van der Waals surface area (Å²) in [7, 11) is 2.13. The van der Waals surface area contributed by atoms with Gasteiger partial charge in [0.25, 0.3) is 5.70 Å². The number of likely N-dealkylation sites (N-methyl/N-ethyl adjacent to an activating group) is 1. The Hall–Kier alpha value is -2.98. The number of hydrogen-bond donors (Lipinski definition) is 0. The predicted octanol–water partition coefficient (Wildman–Crippen LogP) is 5.40. The molecule has 0 saturated heterocycles. The summed E-state index contributed by atoms with van der Waals surface area (Å²) in [6.45, 7) is 8.41. The topological polar surface area (TPSA) is 40.6 Å². The molecule has 0 unspecified atom stereocenters. The van der Waals surface area contributed by atoms with E-state index in [1.165, 1.54) is 17.7 Å². The van der Waals surface area contributed by atoms with Crippen molar-refractivity contribution in [3.8, 4) is 6.07 Å². The molecule has 2 heterocycles. The molecular formula is C24H25N3O. The Morgan fingerprint density at radius 1 is 1.29 bits per heavy atom. The van der Waals surface area contributed by atoms with E-state index in [4.69, 9.17) is 11.3 Å². The van der Waals surface area contributed by atoms with E-state index in [1.54, 1.807) is 0 Å². The van der Waals surface area contributed by atoms with Crippen molar-refractivity contribution < 1.29 is 4.74 Å². The third-order valence-electron chi connectivity index (χ3n) is 6.12. The second-order valence-electron chi connectivity index (χ2n) is 8.06. The summed E-state index contributed by atoms with van der Waals surface area (Å²) in [4.78, 5) is 5.73. The Kier molecular flexibility index (Phi) is 4.97. The summed E-state index contributed by atoms with van der Waals surface area (Å²) in [5, 5.41) is 9.36. The van der Waals surface area contributed by atoms with Gasteiger partial charge in [0, 0.05) is 25.7 Å². The van der Waals surface area contributed by atoms with Crippen LogP contribution in [-0.4, -0.2) is 19.2 Å². The molecule has 4 heteroatoms. The Bertz CT molecular complexity index is 933. The van der Waals surface area contributed by atoms with Gasteiger partial charge in [-0.1, -0.05) is 18.6 Å². The highest BCUT2D eigenvalue weighted by Gasteiger charge is 2.38. The van der Waals surface area contributed by atoms with Gasteiger partial charge in [0.05, 0.1) is 12.6 Å². The molecule has 4 rings (SSSR count). The van der Waals surface area contributed by atoms with E-state index >= 15 is 0 Å². The fourth-order valence-electron chi connectivity index (χ4n) is 4.63. The number of benzene rings is 1. The van der Waals surface area contributed by atoms with Gasteiger partial charge >= 0.3 is 0 Å². The van der Waals surface area contributed by atoms with Crippen LogP contribution in [-0.2, 0) is 11.2 Å². The summed E-state index contributed by atoms with van der Waals surface area (Å²) in [5.74, 6) is 0.761. The summed E-state index contributed by atoms with van der Waals surface area (Å²) >= 11 is 0. The molecule has 0 radical (unpaired) electrons. The van der Waals surface area contributed by atoms with Crippen molar-refractivity contribution in [1.29, 1.82) is 5.26 Å². The molecular weight excluding hydrogens is 346 g/mol. The number of hydrogen-bond acceptors (Lipinski definition) is 3. The molecule has 2 aliphatic heterocycles. The van der Waals surface area contributed by atoms with Crippen LogP contribution >= 0.6 is 0 Å². The first kappa shape index (κ1) is 18.4. The molecule has 4 nitrogen and oxygen atoms in total. The lowest BCUT2D eigenvalue weighted by Crippen LogP contribution is -2.37. The molecule has 0 bridgehead atoms. The molecule has 0 aromatic heterocycles. The molecule has 28 heavy (non-hydrogen) atoms. The second kappa shape index (κ2) is 7.56. The third kappa shape index (κ3) is 3.56. The summed E-state index contributed by atoms with van der Waals surface area (Å²) in [5.41, 5.74) is 4.61. The number of nitrogens with zero attached hydrogens (tertiary/aromatic N) is 3. The number of nitriles is 1. The summed E-state index contributed by atoms with van der Waals surface area (Å²) < 4.78 is 6.44. The number of ether oxygens (including phenoxy) is 1. The highest BCUT2D eigenvalue weighted by Crippen LogP contribution is 2.43. The van der Waals surface area contributed by atoms with Crippen LogP contribution in [0.2, 0.25) is 0 Å².